The third-order valence-electron chi connectivity index (χ3n) is 1.99. The molecule has 2 rings (SSSR count). The maximum absolute atomic E-state index is 5.60. The van der Waals surface area contributed by atoms with Gasteiger partial charge in [-0.3, -0.25) is 0 Å². The molecule has 0 unspecified atom stereocenters. The van der Waals surface area contributed by atoms with Crippen LogP contribution >= 0.6 is 11.5 Å². The van der Waals surface area contributed by atoms with Crippen LogP contribution < -0.4 is 10.1 Å². The Bertz CT molecular complexity index is 470. The maximum Gasteiger partial charge on any atom is 0.298 e. The van der Waals surface area contributed by atoms with Gasteiger partial charge < -0.3 is 10.1 Å². The second kappa shape index (κ2) is 5.05. The first-order valence-corrected chi connectivity index (χ1v) is 5.77. The number of rotatable bonds is 4. The molecule has 0 saturated carbocycles. The number of nitrogens with one attached hydrogen (secondary N) is 1. The average molecular weight is 235 g/mol. The van der Waals surface area contributed by atoms with E-state index in [2.05, 4.69) is 20.7 Å². The van der Waals surface area contributed by atoms with Crippen LogP contribution in [0.25, 0.3) is 0 Å². The molecule has 0 aliphatic heterocycles. The Kier molecular flexibility index (Phi) is 3.48. The third kappa shape index (κ3) is 2.77. The van der Waals surface area contributed by atoms with Gasteiger partial charge in [0.25, 0.3) is 5.19 Å². The fraction of sp³-hybridized carbons (Fsp3) is 0.273. The maximum atomic E-state index is 5.60. The number of aromatic nitrogens is 2. The van der Waals surface area contributed by atoms with Crippen molar-refractivity contribution < 1.29 is 4.74 Å². The van der Waals surface area contributed by atoms with Gasteiger partial charge in [-0.15, -0.1) is 0 Å². The molecule has 4 nitrogen and oxygen atoms in total. The van der Waals surface area contributed by atoms with Gasteiger partial charge in [0.15, 0.2) is 0 Å². The molecule has 16 heavy (non-hydrogen) atoms. The summed E-state index contributed by atoms with van der Waals surface area (Å²) in [6.45, 7) is 2.67. The molecule has 5 heteroatoms. The second-order valence-corrected chi connectivity index (χ2v) is 4.10. The number of hydrogen-bond donors (Lipinski definition) is 1. The van der Waals surface area contributed by atoms with Crippen LogP contribution in [-0.2, 0) is 6.54 Å². The Labute approximate surface area is 98.5 Å². The molecular formula is C11H13N3OS. The SMILES string of the molecule is CNCc1cccc(Oc2nc(C)ns2)c1. The highest BCUT2D eigenvalue weighted by molar-refractivity contribution is 7.07. The highest BCUT2D eigenvalue weighted by Crippen LogP contribution is 2.23. The van der Waals surface area contributed by atoms with Gasteiger partial charge in [0.05, 0.1) is 0 Å². The highest BCUT2D eigenvalue weighted by atomic mass is 32.1. The van der Waals surface area contributed by atoms with E-state index in [1.165, 1.54) is 17.1 Å². The molecule has 0 radical (unpaired) electrons. The summed E-state index contributed by atoms with van der Waals surface area (Å²) in [5.41, 5.74) is 1.18. The van der Waals surface area contributed by atoms with Crippen molar-refractivity contribution in [1.82, 2.24) is 14.7 Å². The van der Waals surface area contributed by atoms with Crippen LogP contribution in [0.2, 0.25) is 0 Å². The van der Waals surface area contributed by atoms with Crippen LogP contribution in [0, 0.1) is 6.92 Å². The topological polar surface area (TPSA) is 47.0 Å². The molecule has 0 aliphatic carbocycles. The summed E-state index contributed by atoms with van der Waals surface area (Å²) in [5.74, 6) is 1.54. The molecule has 1 N–H and O–H groups in total. The molecule has 2 aromatic rings. The molecule has 0 spiro atoms. The second-order valence-electron chi connectivity index (χ2n) is 3.39. The minimum atomic E-state index is 0.583. The first-order valence-electron chi connectivity index (χ1n) is 4.99. The predicted molar refractivity (Wildman–Crippen MR) is 63.9 cm³/mol. The molecule has 0 atom stereocenters. The molecule has 0 saturated heterocycles. The van der Waals surface area contributed by atoms with Crippen LogP contribution in [0.4, 0.5) is 0 Å². The van der Waals surface area contributed by atoms with E-state index in [-0.39, 0.29) is 0 Å². The fourth-order valence-corrected chi connectivity index (χ4v) is 1.90. The van der Waals surface area contributed by atoms with Gasteiger partial charge in [-0.25, -0.2) is 0 Å². The van der Waals surface area contributed by atoms with Crippen molar-refractivity contribution in [3.05, 3.63) is 35.7 Å². The highest BCUT2D eigenvalue weighted by Gasteiger charge is 2.03. The van der Waals surface area contributed by atoms with Gasteiger partial charge in [0, 0.05) is 18.1 Å². The minimum absolute atomic E-state index is 0.583. The zero-order chi connectivity index (χ0) is 11.4. The van der Waals surface area contributed by atoms with Crippen LogP contribution in [0.15, 0.2) is 24.3 Å². The zero-order valence-electron chi connectivity index (χ0n) is 9.23. The number of benzene rings is 1. The van der Waals surface area contributed by atoms with E-state index in [1.807, 2.05) is 32.2 Å². The minimum Gasteiger partial charge on any atom is -0.430 e. The Balaban J connectivity index is 2.12. The van der Waals surface area contributed by atoms with Crippen LogP contribution in [0.1, 0.15) is 11.4 Å². The van der Waals surface area contributed by atoms with E-state index >= 15 is 0 Å². The Morgan fingerprint density at radius 3 is 3.00 bits per heavy atom. The Hall–Kier alpha value is -1.46. The molecule has 1 aromatic carbocycles. The van der Waals surface area contributed by atoms with E-state index < -0.39 is 0 Å². The number of hydrogen-bond acceptors (Lipinski definition) is 5. The van der Waals surface area contributed by atoms with E-state index in [0.717, 1.165) is 18.1 Å². The number of aryl methyl sites for hydroxylation is 1. The molecule has 0 aliphatic rings. The molecule has 1 aromatic heterocycles. The quantitative estimate of drug-likeness (QED) is 0.883. The van der Waals surface area contributed by atoms with E-state index in [9.17, 15) is 0 Å². The summed E-state index contributed by atoms with van der Waals surface area (Å²) in [7, 11) is 1.92. The normalized spacial score (nSPS) is 10.4. The summed E-state index contributed by atoms with van der Waals surface area (Å²) in [5, 5.41) is 3.68. The summed E-state index contributed by atoms with van der Waals surface area (Å²) in [6, 6.07) is 7.92. The molecule has 0 amide bonds. The number of ether oxygens (including phenoxy) is 1. The van der Waals surface area contributed by atoms with Crippen molar-refractivity contribution in [1.29, 1.82) is 0 Å². The predicted octanol–water partition coefficient (Wildman–Crippen LogP) is 2.36. The summed E-state index contributed by atoms with van der Waals surface area (Å²) in [6.07, 6.45) is 0. The lowest BCUT2D eigenvalue weighted by molar-refractivity contribution is 0.477. The molecule has 0 bridgehead atoms. The Morgan fingerprint density at radius 2 is 2.31 bits per heavy atom. The first-order chi connectivity index (χ1) is 7.78. The first kappa shape index (κ1) is 11.0. The van der Waals surface area contributed by atoms with E-state index in [0.29, 0.717) is 5.19 Å². The van der Waals surface area contributed by atoms with E-state index in [4.69, 9.17) is 4.74 Å². The summed E-state index contributed by atoms with van der Waals surface area (Å²) >= 11 is 1.26. The van der Waals surface area contributed by atoms with Crippen molar-refractivity contribution in [3.8, 4) is 10.9 Å². The standard InChI is InChI=1S/C11H13N3OS/c1-8-13-11(16-14-8)15-10-5-3-4-9(6-10)7-12-2/h3-6,12H,7H2,1-2H3. The van der Waals surface area contributed by atoms with Crippen LogP contribution in [-0.4, -0.2) is 16.4 Å². The smallest absolute Gasteiger partial charge is 0.298 e. The number of nitrogens with zero attached hydrogens (tertiary/aromatic N) is 2. The lowest BCUT2D eigenvalue weighted by Gasteiger charge is -2.04. The average Bonchev–Trinajstić information content (AvgIpc) is 2.65. The third-order valence-corrected chi connectivity index (χ3v) is 2.68. The molecule has 84 valence electrons. The van der Waals surface area contributed by atoms with Crippen molar-refractivity contribution in [2.45, 2.75) is 13.5 Å². The van der Waals surface area contributed by atoms with E-state index in [1.54, 1.807) is 0 Å². The lowest BCUT2D eigenvalue weighted by atomic mass is 10.2. The zero-order valence-corrected chi connectivity index (χ0v) is 10.0. The largest absolute Gasteiger partial charge is 0.430 e. The summed E-state index contributed by atoms with van der Waals surface area (Å²) in [4.78, 5) is 4.15. The fourth-order valence-electron chi connectivity index (χ4n) is 1.34. The van der Waals surface area contributed by atoms with Crippen molar-refractivity contribution >= 4 is 11.5 Å². The molecule has 0 fully saturated rings. The van der Waals surface area contributed by atoms with Gasteiger partial charge in [0.1, 0.15) is 11.6 Å². The van der Waals surface area contributed by atoms with Gasteiger partial charge >= 0.3 is 0 Å². The van der Waals surface area contributed by atoms with Crippen molar-refractivity contribution in [3.63, 3.8) is 0 Å². The monoisotopic (exact) mass is 235 g/mol. The van der Waals surface area contributed by atoms with Gasteiger partial charge in [0.2, 0.25) is 0 Å². The van der Waals surface area contributed by atoms with Crippen LogP contribution in [0.3, 0.4) is 0 Å². The van der Waals surface area contributed by atoms with Gasteiger partial charge in [-0.1, -0.05) is 12.1 Å². The lowest BCUT2D eigenvalue weighted by Crippen LogP contribution is -2.04. The summed E-state index contributed by atoms with van der Waals surface area (Å²) < 4.78 is 9.67. The van der Waals surface area contributed by atoms with Crippen molar-refractivity contribution in [2.24, 2.45) is 0 Å². The van der Waals surface area contributed by atoms with Gasteiger partial charge in [-0.05, 0) is 31.7 Å². The Morgan fingerprint density at radius 1 is 1.44 bits per heavy atom. The molecule has 1 heterocycles. The molecular weight excluding hydrogens is 222 g/mol. The van der Waals surface area contributed by atoms with Crippen molar-refractivity contribution in [2.75, 3.05) is 7.05 Å². The van der Waals surface area contributed by atoms with Gasteiger partial charge in [-0.2, -0.15) is 9.36 Å². The van der Waals surface area contributed by atoms with Crippen LogP contribution in [0.5, 0.6) is 10.9 Å².